The molecule has 0 aliphatic rings. The maximum Gasteiger partial charge on any atom is 0.241 e. The molecule has 0 spiro atoms. The Morgan fingerprint density at radius 1 is 1.62 bits per heavy atom. The second kappa shape index (κ2) is 6.91. The van der Waals surface area contributed by atoms with Crippen molar-refractivity contribution < 1.29 is 4.79 Å². The first-order chi connectivity index (χ1) is 7.04. The largest absolute Gasteiger partial charge is 0.322 e. The molecule has 0 aromatic carbocycles. The molecule has 0 saturated heterocycles. The SMILES string of the molecule is CC[C@@H](N)C(=O)Nc1cnc(Cl)cc1Cl.Cl. The van der Waals surface area contributed by atoms with Crippen LogP contribution in [-0.4, -0.2) is 16.9 Å². The van der Waals surface area contributed by atoms with Crippen LogP contribution in [0.2, 0.25) is 10.2 Å². The molecule has 16 heavy (non-hydrogen) atoms. The molecule has 3 N–H and O–H groups in total. The Bertz CT molecular complexity index is 373. The topological polar surface area (TPSA) is 68.0 Å². The molecule has 1 aromatic heterocycles. The fourth-order valence-corrected chi connectivity index (χ4v) is 1.32. The summed E-state index contributed by atoms with van der Waals surface area (Å²) in [6, 6.07) is 0.910. The van der Waals surface area contributed by atoms with Gasteiger partial charge in [-0.05, 0) is 12.5 Å². The highest BCUT2D eigenvalue weighted by Gasteiger charge is 2.12. The fraction of sp³-hybridized carbons (Fsp3) is 0.333. The minimum absolute atomic E-state index is 0. The van der Waals surface area contributed by atoms with Gasteiger partial charge in [0.25, 0.3) is 0 Å². The van der Waals surface area contributed by atoms with Gasteiger partial charge in [0.05, 0.1) is 22.9 Å². The van der Waals surface area contributed by atoms with E-state index in [0.717, 1.165) is 0 Å². The Morgan fingerprint density at radius 3 is 2.75 bits per heavy atom. The normalized spacial score (nSPS) is 11.5. The van der Waals surface area contributed by atoms with Crippen LogP contribution >= 0.6 is 35.6 Å². The van der Waals surface area contributed by atoms with Crippen LogP contribution in [0.3, 0.4) is 0 Å². The summed E-state index contributed by atoms with van der Waals surface area (Å²) in [7, 11) is 0. The molecule has 0 aliphatic heterocycles. The fourth-order valence-electron chi connectivity index (χ4n) is 0.910. The first-order valence-electron chi connectivity index (χ1n) is 4.42. The molecule has 7 heteroatoms. The van der Waals surface area contributed by atoms with E-state index in [1.165, 1.54) is 12.3 Å². The van der Waals surface area contributed by atoms with Gasteiger partial charge in [-0.15, -0.1) is 12.4 Å². The molecular weight excluding hydrogens is 272 g/mol. The Balaban J connectivity index is 0.00000225. The summed E-state index contributed by atoms with van der Waals surface area (Å²) in [4.78, 5) is 15.2. The predicted octanol–water partition coefficient (Wildman–Crippen LogP) is 2.49. The van der Waals surface area contributed by atoms with Crippen molar-refractivity contribution in [2.24, 2.45) is 5.73 Å². The van der Waals surface area contributed by atoms with Gasteiger partial charge < -0.3 is 11.1 Å². The minimum Gasteiger partial charge on any atom is -0.322 e. The molecule has 90 valence electrons. The van der Waals surface area contributed by atoms with Crippen LogP contribution in [0.4, 0.5) is 5.69 Å². The molecule has 0 radical (unpaired) electrons. The van der Waals surface area contributed by atoms with E-state index in [1.807, 2.05) is 6.92 Å². The average Bonchev–Trinajstić information content (AvgIpc) is 2.20. The van der Waals surface area contributed by atoms with Crippen molar-refractivity contribution in [2.45, 2.75) is 19.4 Å². The molecular formula is C9H12Cl3N3O. The van der Waals surface area contributed by atoms with Gasteiger partial charge in [0.2, 0.25) is 5.91 Å². The number of nitrogens with one attached hydrogen (secondary N) is 1. The van der Waals surface area contributed by atoms with Crippen LogP contribution in [0.1, 0.15) is 13.3 Å². The molecule has 0 fully saturated rings. The Hall–Kier alpha value is -0.550. The predicted molar refractivity (Wildman–Crippen MR) is 68.4 cm³/mol. The number of pyridine rings is 1. The van der Waals surface area contributed by atoms with Crippen LogP contribution in [0, 0.1) is 0 Å². The molecule has 0 bridgehead atoms. The Morgan fingerprint density at radius 2 is 2.25 bits per heavy atom. The average molecular weight is 285 g/mol. The summed E-state index contributed by atoms with van der Waals surface area (Å²) < 4.78 is 0. The number of nitrogens with zero attached hydrogens (tertiary/aromatic N) is 1. The second-order valence-corrected chi connectivity index (χ2v) is 3.79. The van der Waals surface area contributed by atoms with Crippen LogP contribution in [0.5, 0.6) is 0 Å². The van der Waals surface area contributed by atoms with Crippen LogP contribution in [0.25, 0.3) is 0 Å². The van der Waals surface area contributed by atoms with Crippen molar-refractivity contribution in [1.29, 1.82) is 0 Å². The number of nitrogens with two attached hydrogens (primary N) is 1. The van der Waals surface area contributed by atoms with Gasteiger partial charge in [-0.25, -0.2) is 4.98 Å². The number of hydrogen-bond donors (Lipinski definition) is 2. The third kappa shape index (κ3) is 4.14. The lowest BCUT2D eigenvalue weighted by Gasteiger charge is -2.10. The van der Waals surface area contributed by atoms with Crippen molar-refractivity contribution in [3.8, 4) is 0 Å². The summed E-state index contributed by atoms with van der Waals surface area (Å²) >= 11 is 11.5. The van der Waals surface area contributed by atoms with Gasteiger partial charge in [-0.3, -0.25) is 4.79 Å². The number of carbonyl (C=O) groups is 1. The number of amides is 1. The summed E-state index contributed by atoms with van der Waals surface area (Å²) in [5, 5.41) is 3.19. The summed E-state index contributed by atoms with van der Waals surface area (Å²) in [5.74, 6) is -0.288. The lowest BCUT2D eigenvalue weighted by molar-refractivity contribution is -0.117. The number of anilines is 1. The van der Waals surface area contributed by atoms with Crippen LogP contribution in [0.15, 0.2) is 12.3 Å². The van der Waals surface area contributed by atoms with Gasteiger partial charge in [-0.1, -0.05) is 30.1 Å². The van der Waals surface area contributed by atoms with Gasteiger partial charge >= 0.3 is 0 Å². The lowest BCUT2D eigenvalue weighted by Crippen LogP contribution is -2.34. The third-order valence-corrected chi connectivity index (χ3v) is 2.37. The maximum atomic E-state index is 11.4. The minimum atomic E-state index is -0.545. The third-order valence-electron chi connectivity index (χ3n) is 1.85. The maximum absolute atomic E-state index is 11.4. The standard InChI is InChI=1S/C9H11Cl2N3O.ClH/c1-2-6(12)9(15)14-7-4-13-8(11)3-5(7)10;/h3-4,6H,2,12H2,1H3,(H,14,15);1H/t6-;/m1./s1. The second-order valence-electron chi connectivity index (χ2n) is 2.99. The molecule has 0 aliphatic carbocycles. The van der Waals surface area contributed by atoms with E-state index >= 15 is 0 Å². The van der Waals surface area contributed by atoms with E-state index < -0.39 is 6.04 Å². The molecule has 1 rings (SSSR count). The highest BCUT2D eigenvalue weighted by molar-refractivity contribution is 6.36. The molecule has 0 saturated carbocycles. The van der Waals surface area contributed by atoms with E-state index in [2.05, 4.69) is 10.3 Å². The summed E-state index contributed by atoms with van der Waals surface area (Å²) in [6.07, 6.45) is 1.95. The van der Waals surface area contributed by atoms with E-state index in [0.29, 0.717) is 17.1 Å². The van der Waals surface area contributed by atoms with Crippen LogP contribution in [-0.2, 0) is 4.79 Å². The smallest absolute Gasteiger partial charge is 0.241 e. The first-order valence-corrected chi connectivity index (χ1v) is 5.17. The van der Waals surface area contributed by atoms with Gasteiger partial charge in [0.15, 0.2) is 0 Å². The summed E-state index contributed by atoms with van der Waals surface area (Å²) in [5.41, 5.74) is 5.95. The zero-order valence-corrected chi connectivity index (χ0v) is 10.9. The van der Waals surface area contributed by atoms with E-state index in [1.54, 1.807) is 0 Å². The highest BCUT2D eigenvalue weighted by atomic mass is 35.5. The number of hydrogen-bond acceptors (Lipinski definition) is 3. The zero-order chi connectivity index (χ0) is 11.4. The molecule has 4 nitrogen and oxygen atoms in total. The van der Waals surface area contributed by atoms with Gasteiger partial charge in [-0.2, -0.15) is 0 Å². The first kappa shape index (κ1) is 15.4. The number of carbonyl (C=O) groups excluding carboxylic acids is 1. The monoisotopic (exact) mass is 283 g/mol. The van der Waals surface area contributed by atoms with E-state index in [-0.39, 0.29) is 23.5 Å². The van der Waals surface area contributed by atoms with Crippen molar-refractivity contribution in [2.75, 3.05) is 5.32 Å². The number of aromatic nitrogens is 1. The van der Waals surface area contributed by atoms with Crippen molar-refractivity contribution in [1.82, 2.24) is 4.98 Å². The Labute approximate surface area is 110 Å². The number of rotatable bonds is 3. The van der Waals surface area contributed by atoms with Crippen molar-refractivity contribution in [3.63, 3.8) is 0 Å². The molecule has 1 heterocycles. The lowest BCUT2D eigenvalue weighted by atomic mass is 10.2. The quantitative estimate of drug-likeness (QED) is 0.838. The summed E-state index contributed by atoms with van der Waals surface area (Å²) in [6.45, 7) is 1.83. The van der Waals surface area contributed by atoms with Gasteiger partial charge in [0, 0.05) is 0 Å². The molecule has 0 unspecified atom stereocenters. The Kier molecular flexibility index (Phi) is 6.67. The zero-order valence-electron chi connectivity index (χ0n) is 8.54. The molecule has 1 atom stereocenters. The molecule has 1 aromatic rings. The van der Waals surface area contributed by atoms with E-state index in [4.69, 9.17) is 28.9 Å². The molecule has 1 amide bonds. The van der Waals surface area contributed by atoms with E-state index in [9.17, 15) is 4.79 Å². The van der Waals surface area contributed by atoms with Crippen LogP contribution < -0.4 is 11.1 Å². The number of halogens is 3. The highest BCUT2D eigenvalue weighted by Crippen LogP contribution is 2.23. The van der Waals surface area contributed by atoms with Crippen molar-refractivity contribution >= 4 is 47.2 Å². The van der Waals surface area contributed by atoms with Crippen molar-refractivity contribution in [3.05, 3.63) is 22.4 Å². The van der Waals surface area contributed by atoms with Gasteiger partial charge in [0.1, 0.15) is 5.15 Å².